The molecule has 0 saturated heterocycles. The minimum atomic E-state index is -0.299. The highest BCUT2D eigenvalue weighted by Gasteiger charge is 2.43. The number of rotatable bonds is 6. The molecule has 1 aliphatic heterocycles. The minimum absolute atomic E-state index is 0.209. The van der Waals surface area contributed by atoms with Crippen molar-refractivity contribution in [3.63, 3.8) is 0 Å². The summed E-state index contributed by atoms with van der Waals surface area (Å²) in [6, 6.07) is 23.3. The van der Waals surface area contributed by atoms with Crippen molar-refractivity contribution in [1.82, 2.24) is 0 Å². The average molecular weight is 592 g/mol. The summed E-state index contributed by atoms with van der Waals surface area (Å²) < 4.78 is 15.2. The molecule has 43 heavy (non-hydrogen) atoms. The Hall–Kier alpha value is -4.10. The Morgan fingerprint density at radius 1 is 0.907 bits per heavy atom. The SMILES string of the molecule is C/C=C1\N(CC)c2ccc(OC)cc2C1(C)Cc1ccccc1C(=O)OC.CC.CC.CN.COC(=N)c1ccccc1. The molecule has 236 valence electrons. The Bertz CT molecular complexity index is 1270. The normalized spacial score (nSPS) is 15.0. The molecule has 1 aliphatic rings. The molecular formula is C36H53N3O4. The van der Waals surface area contributed by atoms with Crippen molar-refractivity contribution in [2.24, 2.45) is 5.73 Å². The topological polar surface area (TPSA) is 97.9 Å². The van der Waals surface area contributed by atoms with Gasteiger partial charge in [0.25, 0.3) is 0 Å². The second-order valence-corrected chi connectivity index (χ2v) is 8.86. The number of nitrogens with one attached hydrogen (secondary N) is 1. The maximum absolute atomic E-state index is 12.3. The monoisotopic (exact) mass is 591 g/mol. The number of hydrogen-bond donors (Lipinski definition) is 2. The highest BCUT2D eigenvalue weighted by Crippen LogP contribution is 2.50. The Kier molecular flexibility index (Phi) is 18.7. The van der Waals surface area contributed by atoms with E-state index in [1.165, 1.54) is 38.2 Å². The summed E-state index contributed by atoms with van der Waals surface area (Å²) in [4.78, 5) is 14.6. The molecule has 7 nitrogen and oxygen atoms in total. The number of esters is 1. The van der Waals surface area contributed by atoms with Gasteiger partial charge in [-0.25, -0.2) is 4.79 Å². The molecule has 3 aromatic rings. The van der Waals surface area contributed by atoms with E-state index in [0.29, 0.717) is 12.0 Å². The highest BCUT2D eigenvalue weighted by molar-refractivity contribution is 5.91. The van der Waals surface area contributed by atoms with Crippen molar-refractivity contribution in [2.75, 3.05) is 39.8 Å². The van der Waals surface area contributed by atoms with Crippen LogP contribution in [0.15, 0.2) is 84.6 Å². The van der Waals surface area contributed by atoms with Gasteiger partial charge in [-0.1, -0.05) is 70.2 Å². The van der Waals surface area contributed by atoms with Gasteiger partial charge in [-0.2, -0.15) is 0 Å². The van der Waals surface area contributed by atoms with Crippen molar-refractivity contribution < 1.29 is 19.0 Å². The van der Waals surface area contributed by atoms with Crippen LogP contribution in [0.5, 0.6) is 5.75 Å². The molecule has 3 N–H and O–H groups in total. The number of fused-ring (bicyclic) bond motifs is 1. The number of likely N-dealkylation sites (N-methyl/N-ethyl adjacent to an activating group) is 1. The maximum Gasteiger partial charge on any atom is 0.338 e. The number of carbonyl (C=O) groups is 1. The fourth-order valence-electron chi connectivity index (χ4n) is 4.96. The molecule has 1 unspecified atom stereocenters. The van der Waals surface area contributed by atoms with Crippen LogP contribution in [-0.4, -0.2) is 46.8 Å². The van der Waals surface area contributed by atoms with Crippen LogP contribution in [0.3, 0.4) is 0 Å². The fraction of sp³-hybridized carbons (Fsp3) is 0.389. The first-order valence-corrected chi connectivity index (χ1v) is 14.9. The molecule has 0 saturated carbocycles. The van der Waals surface area contributed by atoms with Crippen molar-refractivity contribution in [3.05, 3.63) is 107 Å². The summed E-state index contributed by atoms with van der Waals surface area (Å²) in [7, 11) is 6.11. The van der Waals surface area contributed by atoms with E-state index in [1.54, 1.807) is 7.11 Å². The van der Waals surface area contributed by atoms with Gasteiger partial charge >= 0.3 is 5.97 Å². The predicted molar refractivity (Wildman–Crippen MR) is 182 cm³/mol. The van der Waals surface area contributed by atoms with Gasteiger partial charge < -0.3 is 24.8 Å². The van der Waals surface area contributed by atoms with Gasteiger partial charge in [0.2, 0.25) is 5.90 Å². The summed E-state index contributed by atoms with van der Waals surface area (Å²) in [6.07, 6.45) is 2.88. The molecule has 0 amide bonds. The van der Waals surface area contributed by atoms with Crippen LogP contribution in [0.25, 0.3) is 0 Å². The molecule has 7 heteroatoms. The maximum atomic E-state index is 12.3. The number of hydrogen-bond acceptors (Lipinski definition) is 7. The van der Waals surface area contributed by atoms with E-state index in [9.17, 15) is 4.79 Å². The first kappa shape index (κ1) is 38.9. The Labute approximate surface area is 260 Å². The number of anilines is 1. The molecule has 0 bridgehead atoms. The van der Waals surface area contributed by atoms with E-state index >= 15 is 0 Å². The van der Waals surface area contributed by atoms with Gasteiger partial charge in [0, 0.05) is 28.9 Å². The van der Waals surface area contributed by atoms with Crippen LogP contribution < -0.4 is 15.4 Å². The van der Waals surface area contributed by atoms with Crippen LogP contribution in [-0.2, 0) is 21.3 Å². The summed E-state index contributed by atoms with van der Waals surface area (Å²) in [6.45, 7) is 15.4. The summed E-state index contributed by atoms with van der Waals surface area (Å²) in [5.74, 6) is 0.752. The van der Waals surface area contributed by atoms with Crippen molar-refractivity contribution >= 4 is 17.6 Å². The van der Waals surface area contributed by atoms with Gasteiger partial charge in [-0.05, 0) is 81.8 Å². The lowest BCUT2D eigenvalue weighted by atomic mass is 9.75. The molecular weight excluding hydrogens is 538 g/mol. The van der Waals surface area contributed by atoms with Gasteiger partial charge in [-0.3, -0.25) is 5.41 Å². The fourth-order valence-corrected chi connectivity index (χ4v) is 4.96. The number of benzene rings is 3. The smallest absolute Gasteiger partial charge is 0.338 e. The van der Waals surface area contributed by atoms with E-state index in [0.717, 1.165) is 23.4 Å². The quantitative estimate of drug-likeness (QED) is 0.171. The minimum Gasteiger partial charge on any atom is -0.497 e. The summed E-state index contributed by atoms with van der Waals surface area (Å²) in [5.41, 5.74) is 10.3. The highest BCUT2D eigenvalue weighted by atomic mass is 16.5. The molecule has 3 aromatic carbocycles. The molecule has 1 heterocycles. The number of nitrogens with zero attached hydrogens (tertiary/aromatic N) is 1. The van der Waals surface area contributed by atoms with Gasteiger partial charge in [0.1, 0.15) is 5.75 Å². The second kappa shape index (κ2) is 20.7. The molecule has 0 spiro atoms. The van der Waals surface area contributed by atoms with Gasteiger partial charge in [0.15, 0.2) is 0 Å². The molecule has 0 fully saturated rings. The van der Waals surface area contributed by atoms with E-state index in [1.807, 2.05) is 88.4 Å². The Morgan fingerprint density at radius 2 is 1.49 bits per heavy atom. The van der Waals surface area contributed by atoms with Crippen molar-refractivity contribution in [1.29, 1.82) is 5.41 Å². The molecule has 0 aliphatic carbocycles. The number of nitrogens with two attached hydrogens (primary N) is 1. The largest absolute Gasteiger partial charge is 0.497 e. The van der Waals surface area contributed by atoms with E-state index in [2.05, 4.69) is 49.6 Å². The third kappa shape index (κ3) is 9.72. The van der Waals surface area contributed by atoms with E-state index in [4.69, 9.17) is 19.6 Å². The second-order valence-electron chi connectivity index (χ2n) is 8.86. The number of methoxy groups -OCH3 is 3. The average Bonchev–Trinajstić information content (AvgIpc) is 3.33. The number of carbonyl (C=O) groups excluding carboxylic acids is 1. The lowest BCUT2D eigenvalue weighted by Gasteiger charge is -2.30. The Morgan fingerprint density at radius 3 is 2.00 bits per heavy atom. The zero-order valence-corrected chi connectivity index (χ0v) is 28.1. The van der Waals surface area contributed by atoms with Crippen LogP contribution in [0.4, 0.5) is 5.69 Å². The number of allylic oxidation sites excluding steroid dienone is 2. The summed E-state index contributed by atoms with van der Waals surface area (Å²) in [5, 5.41) is 7.26. The lowest BCUT2D eigenvalue weighted by Crippen LogP contribution is -2.31. The Balaban J connectivity index is 0.000000919. The third-order valence-corrected chi connectivity index (χ3v) is 6.74. The van der Waals surface area contributed by atoms with Crippen molar-refractivity contribution in [2.45, 2.75) is 60.3 Å². The van der Waals surface area contributed by atoms with Crippen LogP contribution in [0.2, 0.25) is 0 Å². The molecule has 0 radical (unpaired) electrons. The van der Waals surface area contributed by atoms with Crippen LogP contribution >= 0.6 is 0 Å². The molecule has 1 atom stereocenters. The zero-order chi connectivity index (χ0) is 33.0. The molecule has 4 rings (SSSR count). The van der Waals surface area contributed by atoms with E-state index < -0.39 is 0 Å². The first-order chi connectivity index (χ1) is 20.8. The van der Waals surface area contributed by atoms with Crippen LogP contribution in [0, 0.1) is 5.41 Å². The number of ether oxygens (including phenoxy) is 3. The molecule has 0 aromatic heterocycles. The third-order valence-electron chi connectivity index (χ3n) is 6.74. The lowest BCUT2D eigenvalue weighted by molar-refractivity contribution is 0.0599. The van der Waals surface area contributed by atoms with Crippen molar-refractivity contribution in [3.8, 4) is 5.75 Å². The van der Waals surface area contributed by atoms with Crippen LogP contribution in [0.1, 0.15) is 75.5 Å². The standard InChI is InChI=1S/C23H27NO3.C8H9NO.2C2H6.CH5N/c1-6-21-23(3,15-16-10-8-9-11-18(16)22(25)27-5)19-14-17(26-4)12-13-20(19)24(21)7-2;1-10-8(9)7-5-3-2-4-6-7;3*1-2/h6,8-14H,7,15H2,1-5H3;2-6,9H,1H3;2*1-2H3;2H2,1H3/b21-6-;;;;. The van der Waals surface area contributed by atoms with Gasteiger partial charge in [-0.15, -0.1) is 0 Å². The zero-order valence-electron chi connectivity index (χ0n) is 28.1. The summed E-state index contributed by atoms with van der Waals surface area (Å²) >= 11 is 0. The van der Waals surface area contributed by atoms with Gasteiger partial charge in [0.05, 0.1) is 26.9 Å². The predicted octanol–water partition coefficient (Wildman–Crippen LogP) is 8.01. The van der Waals surface area contributed by atoms with E-state index in [-0.39, 0.29) is 17.3 Å². The first-order valence-electron chi connectivity index (χ1n) is 14.9.